The zero-order chi connectivity index (χ0) is 15.4. The summed E-state index contributed by atoms with van der Waals surface area (Å²) in [5.74, 6) is -2.08. The first-order valence-corrected chi connectivity index (χ1v) is 7.15. The minimum Gasteiger partial charge on any atom is -0.481 e. The van der Waals surface area contributed by atoms with E-state index >= 15 is 0 Å². The largest absolute Gasteiger partial charge is 0.481 e. The molecule has 3 N–H and O–H groups in total. The van der Waals surface area contributed by atoms with Crippen LogP contribution in [0.4, 0.5) is 0 Å². The maximum Gasteiger partial charge on any atom is 0.305 e. The van der Waals surface area contributed by atoms with Crippen molar-refractivity contribution in [1.29, 1.82) is 0 Å². The molecular weight excluding hydrogens is 278 g/mol. The van der Waals surface area contributed by atoms with Crippen LogP contribution in [0.3, 0.4) is 0 Å². The number of likely N-dealkylation sites (N-methyl/N-ethyl adjacent to an activating group) is 1. The van der Waals surface area contributed by atoms with E-state index in [1.165, 1.54) is 4.90 Å². The zero-order valence-corrected chi connectivity index (χ0v) is 12.0. The summed E-state index contributed by atoms with van der Waals surface area (Å²) in [6.07, 6.45) is -0.378. The minimum atomic E-state index is -1.10. The van der Waals surface area contributed by atoms with Crippen molar-refractivity contribution in [2.45, 2.75) is 25.4 Å². The fourth-order valence-electron chi connectivity index (χ4n) is 2.82. The molecule has 0 spiro atoms. The number of nitrogens with one attached hydrogen (secondary N) is 2. The Morgan fingerprint density at radius 1 is 1.48 bits per heavy atom. The molecule has 2 amide bonds. The highest BCUT2D eigenvalue weighted by Gasteiger charge is 2.41. The van der Waals surface area contributed by atoms with Crippen molar-refractivity contribution < 1.29 is 24.2 Å². The number of aliphatic carboxylic acids is 1. The van der Waals surface area contributed by atoms with Crippen LogP contribution in [-0.4, -0.2) is 72.7 Å². The van der Waals surface area contributed by atoms with Gasteiger partial charge in [0.15, 0.2) is 0 Å². The third-order valence-corrected chi connectivity index (χ3v) is 3.85. The number of carboxylic acid groups (broad SMARTS) is 1. The summed E-state index contributed by atoms with van der Waals surface area (Å²) >= 11 is 0. The molecule has 0 aromatic rings. The average Bonchev–Trinajstić information content (AvgIpc) is 2.88. The van der Waals surface area contributed by atoms with Crippen LogP contribution in [0.1, 0.15) is 13.3 Å². The molecule has 0 bridgehead atoms. The van der Waals surface area contributed by atoms with Gasteiger partial charge in [0.25, 0.3) is 0 Å². The molecule has 118 valence electrons. The molecule has 2 rings (SSSR count). The Bertz CT molecular complexity index is 428. The lowest BCUT2D eigenvalue weighted by Gasteiger charge is -2.36. The van der Waals surface area contributed by atoms with Crippen molar-refractivity contribution >= 4 is 17.8 Å². The maximum absolute atomic E-state index is 12.7. The number of nitrogens with zero attached hydrogens (tertiary/aromatic N) is 1. The number of ether oxygens (including phenoxy) is 1. The van der Waals surface area contributed by atoms with E-state index in [1.54, 1.807) is 0 Å². The lowest BCUT2D eigenvalue weighted by Crippen LogP contribution is -2.60. The van der Waals surface area contributed by atoms with Gasteiger partial charge in [-0.2, -0.15) is 0 Å². The summed E-state index contributed by atoms with van der Waals surface area (Å²) in [5, 5.41) is 14.7. The second kappa shape index (κ2) is 6.86. The Morgan fingerprint density at radius 3 is 2.90 bits per heavy atom. The highest BCUT2D eigenvalue weighted by atomic mass is 16.5. The van der Waals surface area contributed by atoms with Gasteiger partial charge < -0.3 is 25.4 Å². The standard InChI is InChI=1S/C13H21N3O5/c1-2-14-9-7-21-6-8(9)13(20)16-4-3-15-12(19)10(16)5-11(17)18/h8-10,14H,2-7H2,1H3,(H,15,19)(H,17,18). The molecule has 0 radical (unpaired) electrons. The van der Waals surface area contributed by atoms with Gasteiger partial charge in [-0.3, -0.25) is 14.4 Å². The molecule has 2 heterocycles. The molecule has 2 aliphatic rings. The lowest BCUT2D eigenvalue weighted by molar-refractivity contribution is -0.150. The molecule has 2 fully saturated rings. The Kier molecular flexibility index (Phi) is 5.13. The maximum atomic E-state index is 12.7. The second-order valence-corrected chi connectivity index (χ2v) is 5.24. The molecule has 2 aliphatic heterocycles. The summed E-state index contributed by atoms with van der Waals surface area (Å²) < 4.78 is 5.35. The van der Waals surface area contributed by atoms with E-state index in [4.69, 9.17) is 9.84 Å². The minimum absolute atomic E-state index is 0.0852. The van der Waals surface area contributed by atoms with Gasteiger partial charge in [0.2, 0.25) is 11.8 Å². The van der Waals surface area contributed by atoms with E-state index in [9.17, 15) is 14.4 Å². The smallest absolute Gasteiger partial charge is 0.305 e. The predicted molar refractivity (Wildman–Crippen MR) is 72.5 cm³/mol. The van der Waals surface area contributed by atoms with E-state index in [1.807, 2.05) is 6.92 Å². The predicted octanol–water partition coefficient (Wildman–Crippen LogP) is -1.59. The summed E-state index contributed by atoms with van der Waals surface area (Å²) in [6, 6.07) is -1.02. The van der Waals surface area contributed by atoms with Crippen molar-refractivity contribution in [3.63, 3.8) is 0 Å². The summed E-state index contributed by atoms with van der Waals surface area (Å²) in [5.41, 5.74) is 0. The van der Waals surface area contributed by atoms with E-state index < -0.39 is 17.9 Å². The normalized spacial score (nSPS) is 29.3. The molecule has 2 saturated heterocycles. The highest BCUT2D eigenvalue weighted by Crippen LogP contribution is 2.20. The van der Waals surface area contributed by atoms with Crippen molar-refractivity contribution in [3.8, 4) is 0 Å². The number of amides is 2. The van der Waals surface area contributed by atoms with Crippen LogP contribution in [-0.2, 0) is 19.1 Å². The van der Waals surface area contributed by atoms with Gasteiger partial charge in [-0.25, -0.2) is 0 Å². The molecule has 0 saturated carbocycles. The van der Waals surface area contributed by atoms with E-state index in [2.05, 4.69) is 10.6 Å². The van der Waals surface area contributed by atoms with Gasteiger partial charge in [-0.15, -0.1) is 0 Å². The highest BCUT2D eigenvalue weighted by molar-refractivity contribution is 5.92. The molecule has 0 aliphatic carbocycles. The monoisotopic (exact) mass is 299 g/mol. The second-order valence-electron chi connectivity index (χ2n) is 5.24. The number of hydrogen-bond acceptors (Lipinski definition) is 5. The van der Waals surface area contributed by atoms with Crippen LogP contribution < -0.4 is 10.6 Å². The van der Waals surface area contributed by atoms with Crippen LogP contribution in [0, 0.1) is 5.92 Å². The lowest BCUT2D eigenvalue weighted by atomic mass is 9.99. The first-order valence-electron chi connectivity index (χ1n) is 7.15. The zero-order valence-electron chi connectivity index (χ0n) is 12.0. The molecular formula is C13H21N3O5. The molecule has 0 aromatic carbocycles. The fourth-order valence-corrected chi connectivity index (χ4v) is 2.82. The molecule has 0 aromatic heterocycles. The molecule has 3 atom stereocenters. The summed E-state index contributed by atoms with van der Waals surface area (Å²) in [7, 11) is 0. The van der Waals surface area contributed by atoms with Gasteiger partial charge >= 0.3 is 5.97 Å². The SMILES string of the molecule is CCNC1COCC1C(=O)N1CCNC(=O)C1CC(=O)O. The summed E-state index contributed by atoms with van der Waals surface area (Å²) in [6.45, 7) is 4.10. The molecule has 21 heavy (non-hydrogen) atoms. The number of rotatable bonds is 5. The Labute approximate surface area is 122 Å². The van der Waals surface area contributed by atoms with Crippen LogP contribution in [0.15, 0.2) is 0 Å². The van der Waals surface area contributed by atoms with Gasteiger partial charge in [-0.1, -0.05) is 6.92 Å². The van der Waals surface area contributed by atoms with E-state index in [-0.39, 0.29) is 24.3 Å². The number of hydrogen-bond donors (Lipinski definition) is 3. The molecule has 3 unspecified atom stereocenters. The first-order chi connectivity index (χ1) is 10.0. The van der Waals surface area contributed by atoms with Gasteiger partial charge in [0.05, 0.1) is 25.6 Å². The first kappa shape index (κ1) is 15.7. The van der Waals surface area contributed by atoms with Crippen molar-refractivity contribution in [2.75, 3.05) is 32.8 Å². The quantitative estimate of drug-likeness (QED) is 0.565. The number of carboxylic acids is 1. The van der Waals surface area contributed by atoms with Crippen LogP contribution in [0.5, 0.6) is 0 Å². The summed E-state index contributed by atoms with van der Waals surface area (Å²) in [4.78, 5) is 36.8. The van der Waals surface area contributed by atoms with Gasteiger partial charge in [-0.05, 0) is 6.54 Å². The molecule has 8 heteroatoms. The molecule has 8 nitrogen and oxygen atoms in total. The van der Waals surface area contributed by atoms with Crippen LogP contribution in [0.25, 0.3) is 0 Å². The van der Waals surface area contributed by atoms with Gasteiger partial charge in [0, 0.05) is 19.1 Å². The van der Waals surface area contributed by atoms with Crippen LogP contribution in [0.2, 0.25) is 0 Å². The third kappa shape index (κ3) is 3.51. The third-order valence-electron chi connectivity index (χ3n) is 3.85. The van der Waals surface area contributed by atoms with E-state index in [0.717, 1.165) is 6.54 Å². The Morgan fingerprint density at radius 2 is 2.24 bits per heavy atom. The number of carbonyl (C=O) groups is 3. The topological polar surface area (TPSA) is 108 Å². The van der Waals surface area contributed by atoms with Crippen LogP contribution >= 0.6 is 0 Å². The van der Waals surface area contributed by atoms with Crippen molar-refractivity contribution in [2.24, 2.45) is 5.92 Å². The van der Waals surface area contributed by atoms with Crippen molar-refractivity contribution in [1.82, 2.24) is 15.5 Å². The number of piperazine rings is 1. The Hall–Kier alpha value is -1.67. The van der Waals surface area contributed by atoms with Crippen molar-refractivity contribution in [3.05, 3.63) is 0 Å². The Balaban J connectivity index is 2.11. The number of carbonyl (C=O) groups excluding carboxylic acids is 2. The fraction of sp³-hybridized carbons (Fsp3) is 0.769. The average molecular weight is 299 g/mol. The van der Waals surface area contributed by atoms with E-state index in [0.29, 0.717) is 26.3 Å². The van der Waals surface area contributed by atoms with Gasteiger partial charge in [0.1, 0.15) is 6.04 Å².